The number of para-hydroxylation sites is 1. The minimum absolute atomic E-state index is 0. The molecule has 34 heavy (non-hydrogen) atoms. The van der Waals surface area contributed by atoms with E-state index >= 15 is 0 Å². The van der Waals surface area contributed by atoms with Crippen LogP contribution in [0.2, 0.25) is 10.0 Å². The molecule has 2 N–H and O–H groups in total. The molecular weight excluding hydrogens is 501 g/mol. The van der Waals surface area contributed by atoms with Crippen molar-refractivity contribution in [3.8, 4) is 11.5 Å². The molecule has 0 saturated carbocycles. The van der Waals surface area contributed by atoms with Crippen LogP contribution in [-0.2, 0) is 13.2 Å². The number of nitrogens with zero attached hydrogens (tertiary/aromatic N) is 1. The first-order valence-corrected chi connectivity index (χ1v) is 11.2. The number of rotatable bonds is 12. The molecule has 0 amide bonds. The van der Waals surface area contributed by atoms with Gasteiger partial charge in [-0.25, -0.2) is 0 Å². The number of nitrogens with one attached hydrogen (secondary N) is 2. The molecule has 3 aromatic rings. The van der Waals surface area contributed by atoms with E-state index in [9.17, 15) is 10.1 Å². The lowest BCUT2D eigenvalue weighted by molar-refractivity contribution is -0.384. The lowest BCUT2D eigenvalue weighted by Gasteiger charge is -2.17. The highest BCUT2D eigenvalue weighted by Crippen LogP contribution is 2.32. The fourth-order valence-corrected chi connectivity index (χ4v) is 3.51. The first-order chi connectivity index (χ1) is 16.0. The predicted octanol–water partition coefficient (Wildman–Crippen LogP) is 6.50. The van der Waals surface area contributed by atoms with Gasteiger partial charge in [0.1, 0.15) is 6.61 Å². The van der Waals surface area contributed by atoms with Crippen molar-refractivity contribution < 1.29 is 14.4 Å². The van der Waals surface area contributed by atoms with Crippen LogP contribution < -0.4 is 20.1 Å². The average molecular weight is 527 g/mol. The highest BCUT2D eigenvalue weighted by molar-refractivity contribution is 6.33. The SMILES string of the molecule is CCOc1cccc(CNCCNc2ccc([N+](=O)[O-])cc2Cl)c1OCc1ccc(Cl)cc1.Cl. The number of non-ortho nitro benzene ring substituents is 1. The molecule has 10 heteroatoms. The summed E-state index contributed by atoms with van der Waals surface area (Å²) in [4.78, 5) is 10.4. The van der Waals surface area contributed by atoms with Gasteiger partial charge in [0.2, 0.25) is 0 Å². The van der Waals surface area contributed by atoms with Crippen LogP contribution in [0, 0.1) is 10.1 Å². The lowest BCUT2D eigenvalue weighted by Crippen LogP contribution is -2.22. The van der Waals surface area contributed by atoms with Crippen LogP contribution in [0.4, 0.5) is 11.4 Å². The quantitative estimate of drug-likeness (QED) is 0.159. The molecular formula is C24H26Cl3N3O4. The van der Waals surface area contributed by atoms with Gasteiger partial charge in [0.25, 0.3) is 5.69 Å². The molecule has 7 nitrogen and oxygen atoms in total. The van der Waals surface area contributed by atoms with Gasteiger partial charge in [-0.3, -0.25) is 10.1 Å². The highest BCUT2D eigenvalue weighted by Gasteiger charge is 2.12. The monoisotopic (exact) mass is 525 g/mol. The number of nitro groups is 1. The summed E-state index contributed by atoms with van der Waals surface area (Å²) in [6.45, 7) is 4.67. The van der Waals surface area contributed by atoms with Gasteiger partial charge in [0, 0.05) is 42.4 Å². The van der Waals surface area contributed by atoms with Gasteiger partial charge in [-0.2, -0.15) is 0 Å². The molecule has 0 atom stereocenters. The molecule has 0 aliphatic rings. The second-order valence-electron chi connectivity index (χ2n) is 7.12. The summed E-state index contributed by atoms with van der Waals surface area (Å²) in [6.07, 6.45) is 0. The van der Waals surface area contributed by atoms with E-state index in [1.54, 1.807) is 6.07 Å². The van der Waals surface area contributed by atoms with Crippen LogP contribution in [0.15, 0.2) is 60.7 Å². The van der Waals surface area contributed by atoms with Crippen LogP contribution in [-0.4, -0.2) is 24.6 Å². The van der Waals surface area contributed by atoms with Crippen molar-refractivity contribution in [1.29, 1.82) is 0 Å². The zero-order valence-corrected chi connectivity index (χ0v) is 20.9. The van der Waals surface area contributed by atoms with Crippen molar-refractivity contribution in [2.45, 2.75) is 20.1 Å². The Morgan fingerprint density at radius 2 is 1.76 bits per heavy atom. The van der Waals surface area contributed by atoms with Crippen LogP contribution in [0.25, 0.3) is 0 Å². The molecule has 0 aliphatic heterocycles. The number of hydrogen-bond acceptors (Lipinski definition) is 6. The van der Waals surface area contributed by atoms with Crippen LogP contribution in [0.1, 0.15) is 18.1 Å². The molecule has 0 aromatic heterocycles. The van der Waals surface area contributed by atoms with Gasteiger partial charge in [-0.05, 0) is 36.8 Å². The van der Waals surface area contributed by atoms with E-state index in [1.807, 2.05) is 49.4 Å². The van der Waals surface area contributed by atoms with E-state index in [-0.39, 0.29) is 18.1 Å². The third kappa shape index (κ3) is 7.95. The summed E-state index contributed by atoms with van der Waals surface area (Å²) in [7, 11) is 0. The fourth-order valence-electron chi connectivity index (χ4n) is 3.14. The van der Waals surface area contributed by atoms with E-state index in [0.717, 1.165) is 11.1 Å². The van der Waals surface area contributed by atoms with Gasteiger partial charge in [0.05, 0.1) is 22.2 Å². The Hall–Kier alpha value is -2.71. The van der Waals surface area contributed by atoms with E-state index in [2.05, 4.69) is 10.6 Å². The maximum atomic E-state index is 10.8. The minimum Gasteiger partial charge on any atom is -0.490 e. The second kappa shape index (κ2) is 13.9. The highest BCUT2D eigenvalue weighted by atomic mass is 35.5. The molecule has 0 bridgehead atoms. The molecule has 0 saturated heterocycles. The van der Waals surface area contributed by atoms with Crippen molar-refractivity contribution in [3.63, 3.8) is 0 Å². The zero-order chi connectivity index (χ0) is 23.6. The van der Waals surface area contributed by atoms with E-state index in [0.29, 0.717) is 60.1 Å². The van der Waals surface area contributed by atoms with Gasteiger partial charge >= 0.3 is 0 Å². The molecule has 0 heterocycles. The van der Waals surface area contributed by atoms with Crippen molar-refractivity contribution in [2.24, 2.45) is 0 Å². The summed E-state index contributed by atoms with van der Waals surface area (Å²) in [6, 6.07) is 17.7. The minimum atomic E-state index is -0.472. The van der Waals surface area contributed by atoms with Crippen LogP contribution in [0.5, 0.6) is 11.5 Å². The number of halogens is 3. The van der Waals surface area contributed by atoms with Gasteiger partial charge in [-0.1, -0.05) is 47.5 Å². The lowest BCUT2D eigenvalue weighted by atomic mass is 10.1. The van der Waals surface area contributed by atoms with Crippen molar-refractivity contribution in [3.05, 3.63) is 92.0 Å². The standard InChI is InChI=1S/C24H25Cl2N3O4.ClH/c1-2-32-23-5-3-4-18(24(23)33-16-17-6-8-19(25)9-7-17)15-27-12-13-28-22-11-10-20(29(30)31)14-21(22)26;/h3-11,14,27-28H,2,12-13,15-16H2,1H3;1H. The number of ether oxygens (including phenoxy) is 2. The first kappa shape index (κ1) is 27.5. The van der Waals surface area contributed by atoms with Crippen molar-refractivity contribution >= 4 is 47.0 Å². The fraction of sp³-hybridized carbons (Fsp3) is 0.250. The van der Waals surface area contributed by atoms with Crippen molar-refractivity contribution in [2.75, 3.05) is 25.0 Å². The maximum absolute atomic E-state index is 10.8. The summed E-state index contributed by atoms with van der Waals surface area (Å²) >= 11 is 12.1. The van der Waals surface area contributed by atoms with Crippen molar-refractivity contribution in [1.82, 2.24) is 5.32 Å². The molecule has 3 rings (SSSR count). The van der Waals surface area contributed by atoms with Gasteiger partial charge < -0.3 is 20.1 Å². The third-order valence-electron chi connectivity index (χ3n) is 4.75. The van der Waals surface area contributed by atoms with E-state index in [1.165, 1.54) is 12.1 Å². The Morgan fingerprint density at radius 1 is 1.00 bits per heavy atom. The number of hydrogen-bond donors (Lipinski definition) is 2. The Labute approximate surface area is 214 Å². The molecule has 0 spiro atoms. The van der Waals surface area contributed by atoms with E-state index < -0.39 is 4.92 Å². The average Bonchev–Trinajstić information content (AvgIpc) is 2.80. The zero-order valence-electron chi connectivity index (χ0n) is 18.6. The number of anilines is 1. The van der Waals surface area contributed by atoms with Crippen LogP contribution >= 0.6 is 35.6 Å². The normalized spacial score (nSPS) is 10.3. The largest absolute Gasteiger partial charge is 0.490 e. The Bertz CT molecular complexity index is 1080. The summed E-state index contributed by atoms with van der Waals surface area (Å²) in [5.74, 6) is 1.40. The molecule has 0 aliphatic carbocycles. The Balaban J connectivity index is 0.00000408. The van der Waals surface area contributed by atoms with Gasteiger partial charge in [-0.15, -0.1) is 12.4 Å². The molecule has 0 unspecified atom stereocenters. The Morgan fingerprint density at radius 3 is 2.44 bits per heavy atom. The number of benzene rings is 3. The van der Waals surface area contributed by atoms with Crippen LogP contribution in [0.3, 0.4) is 0 Å². The predicted molar refractivity (Wildman–Crippen MR) is 139 cm³/mol. The molecule has 0 fully saturated rings. The number of nitro benzene ring substituents is 1. The topological polar surface area (TPSA) is 85.7 Å². The molecule has 3 aromatic carbocycles. The third-order valence-corrected chi connectivity index (χ3v) is 5.32. The van der Waals surface area contributed by atoms with E-state index in [4.69, 9.17) is 32.7 Å². The molecule has 182 valence electrons. The smallest absolute Gasteiger partial charge is 0.271 e. The molecule has 0 radical (unpaired) electrons. The summed E-state index contributed by atoms with van der Waals surface area (Å²) in [5, 5.41) is 18.4. The first-order valence-electron chi connectivity index (χ1n) is 10.5. The maximum Gasteiger partial charge on any atom is 0.271 e. The second-order valence-corrected chi connectivity index (χ2v) is 7.96. The summed E-state index contributed by atoms with van der Waals surface area (Å²) < 4.78 is 11.9. The summed E-state index contributed by atoms with van der Waals surface area (Å²) in [5.41, 5.74) is 2.59. The Kier molecular flexibility index (Phi) is 11.2. The van der Waals surface area contributed by atoms with Gasteiger partial charge in [0.15, 0.2) is 11.5 Å².